The van der Waals surface area contributed by atoms with Crippen LogP contribution < -0.4 is 14.8 Å². The predicted molar refractivity (Wildman–Crippen MR) is 141 cm³/mol. The number of carbonyl (C=O) groups is 4. The van der Waals surface area contributed by atoms with Crippen molar-refractivity contribution in [3.63, 3.8) is 0 Å². The summed E-state index contributed by atoms with van der Waals surface area (Å²) in [4.78, 5) is 47.3. The SMILES string of the molecule is CC(=O)OC[C@@H]1O[C@@H](NC(=S)Oc2cccc(Oc3ccccc3)c2)[C@@H](OC(C)=O)[C@@H](OC(C)=O)[C@@H]1OC(C)=O. The third-order valence-electron chi connectivity index (χ3n) is 5.25. The molecule has 1 aliphatic heterocycles. The Morgan fingerprint density at radius 1 is 0.750 bits per heavy atom. The molecule has 0 saturated carbocycles. The molecule has 5 atom stereocenters. The minimum Gasteiger partial charge on any atom is -0.463 e. The maximum Gasteiger partial charge on any atom is 0.303 e. The smallest absolute Gasteiger partial charge is 0.303 e. The average Bonchev–Trinajstić information content (AvgIpc) is 2.86. The number of esters is 4. The van der Waals surface area contributed by atoms with E-state index in [9.17, 15) is 19.2 Å². The van der Waals surface area contributed by atoms with Gasteiger partial charge in [-0.1, -0.05) is 24.3 Å². The number of hydrogen-bond acceptors (Lipinski definition) is 12. The number of benzene rings is 2. The molecular weight excluding hydrogens is 546 g/mol. The van der Waals surface area contributed by atoms with Crippen molar-refractivity contribution in [1.82, 2.24) is 5.32 Å². The Labute approximate surface area is 235 Å². The zero-order valence-electron chi connectivity index (χ0n) is 22.2. The molecule has 2 aromatic carbocycles. The van der Waals surface area contributed by atoms with Crippen LogP contribution in [0, 0.1) is 0 Å². The molecule has 0 aliphatic carbocycles. The van der Waals surface area contributed by atoms with Crippen LogP contribution >= 0.6 is 12.2 Å². The molecule has 1 heterocycles. The molecule has 3 rings (SSSR count). The summed E-state index contributed by atoms with van der Waals surface area (Å²) in [5.74, 6) is -1.43. The van der Waals surface area contributed by atoms with E-state index in [0.29, 0.717) is 17.2 Å². The highest BCUT2D eigenvalue weighted by Crippen LogP contribution is 2.29. The molecule has 40 heavy (non-hydrogen) atoms. The van der Waals surface area contributed by atoms with E-state index in [0.717, 1.165) is 20.8 Å². The summed E-state index contributed by atoms with van der Waals surface area (Å²) >= 11 is 5.35. The lowest BCUT2D eigenvalue weighted by Crippen LogP contribution is -2.66. The molecule has 1 N–H and O–H groups in total. The summed E-state index contributed by atoms with van der Waals surface area (Å²) in [6.45, 7) is 4.22. The van der Waals surface area contributed by atoms with Crippen molar-refractivity contribution in [2.24, 2.45) is 0 Å². The Balaban J connectivity index is 1.83. The molecule has 0 radical (unpaired) electrons. The van der Waals surface area contributed by atoms with Crippen molar-refractivity contribution in [3.05, 3.63) is 54.6 Å². The number of hydrogen-bond donors (Lipinski definition) is 1. The van der Waals surface area contributed by atoms with E-state index in [1.54, 1.807) is 36.4 Å². The molecule has 13 heteroatoms. The van der Waals surface area contributed by atoms with Crippen LogP contribution in [0.25, 0.3) is 0 Å². The maximum absolute atomic E-state index is 12.0. The molecule has 0 bridgehead atoms. The van der Waals surface area contributed by atoms with Gasteiger partial charge in [-0.2, -0.15) is 0 Å². The quantitative estimate of drug-likeness (QED) is 0.266. The highest BCUT2D eigenvalue weighted by molar-refractivity contribution is 7.80. The van der Waals surface area contributed by atoms with Gasteiger partial charge in [0.2, 0.25) is 0 Å². The van der Waals surface area contributed by atoms with Crippen LogP contribution in [0.3, 0.4) is 0 Å². The average molecular weight is 576 g/mol. The lowest BCUT2D eigenvalue weighted by atomic mass is 9.97. The summed E-state index contributed by atoms with van der Waals surface area (Å²) in [5.41, 5.74) is 0. The fourth-order valence-electron chi connectivity index (χ4n) is 3.82. The summed E-state index contributed by atoms with van der Waals surface area (Å²) in [7, 11) is 0. The fourth-order valence-corrected chi connectivity index (χ4v) is 4.04. The van der Waals surface area contributed by atoms with E-state index in [1.807, 2.05) is 18.2 Å². The van der Waals surface area contributed by atoms with E-state index in [1.165, 1.54) is 6.92 Å². The lowest BCUT2D eigenvalue weighted by molar-refractivity contribution is -0.255. The Morgan fingerprint density at radius 2 is 1.32 bits per heavy atom. The van der Waals surface area contributed by atoms with Crippen LogP contribution in [0.5, 0.6) is 17.2 Å². The third-order valence-corrected chi connectivity index (χ3v) is 5.45. The highest BCUT2D eigenvalue weighted by Gasteiger charge is 2.52. The minimum absolute atomic E-state index is 0.197. The molecule has 2 aromatic rings. The monoisotopic (exact) mass is 575 g/mol. The van der Waals surface area contributed by atoms with E-state index >= 15 is 0 Å². The molecule has 1 saturated heterocycles. The van der Waals surface area contributed by atoms with Gasteiger partial charge >= 0.3 is 23.9 Å². The van der Waals surface area contributed by atoms with Crippen molar-refractivity contribution in [1.29, 1.82) is 0 Å². The van der Waals surface area contributed by atoms with Gasteiger partial charge in [0.25, 0.3) is 5.17 Å². The fraction of sp³-hybridized carbons (Fsp3) is 0.370. The van der Waals surface area contributed by atoms with Crippen LogP contribution in [0.2, 0.25) is 0 Å². The first-order chi connectivity index (χ1) is 19.0. The van der Waals surface area contributed by atoms with Gasteiger partial charge in [0, 0.05) is 33.8 Å². The predicted octanol–water partition coefficient (Wildman–Crippen LogP) is 2.82. The van der Waals surface area contributed by atoms with E-state index < -0.39 is 54.5 Å². The number of rotatable bonds is 9. The largest absolute Gasteiger partial charge is 0.463 e. The van der Waals surface area contributed by atoms with Gasteiger partial charge in [0.1, 0.15) is 30.0 Å². The van der Waals surface area contributed by atoms with Crippen molar-refractivity contribution in [2.75, 3.05) is 6.61 Å². The number of thiocarbonyl (C=S) groups is 1. The van der Waals surface area contributed by atoms with Crippen LogP contribution in [-0.4, -0.2) is 66.3 Å². The summed E-state index contributed by atoms with van der Waals surface area (Å²) in [6.07, 6.45) is -6.37. The maximum atomic E-state index is 12.0. The standard InChI is InChI=1S/C27H29NO11S/c1-15(29)33-14-22-23(34-16(2)30)24(35-17(3)31)25(36-18(4)32)26(39-22)28-27(40)38-21-12-8-11-20(13-21)37-19-9-6-5-7-10-19/h5-13,22-26H,14H2,1-4H3,(H,28,40)/t22-,23+,24-,25-,26+/m0/s1. The molecular formula is C27H29NO11S. The van der Waals surface area contributed by atoms with Crippen LogP contribution in [0.4, 0.5) is 0 Å². The van der Waals surface area contributed by atoms with Gasteiger partial charge in [0.15, 0.2) is 24.5 Å². The molecule has 1 aliphatic rings. The van der Waals surface area contributed by atoms with Gasteiger partial charge in [-0.25, -0.2) is 0 Å². The van der Waals surface area contributed by atoms with Crippen LogP contribution in [0.15, 0.2) is 54.6 Å². The number of para-hydroxylation sites is 1. The highest BCUT2D eigenvalue weighted by atomic mass is 32.1. The van der Waals surface area contributed by atoms with Gasteiger partial charge in [-0.3, -0.25) is 19.2 Å². The minimum atomic E-state index is -1.34. The van der Waals surface area contributed by atoms with Gasteiger partial charge in [-0.15, -0.1) is 0 Å². The molecule has 1 fully saturated rings. The number of ether oxygens (including phenoxy) is 7. The van der Waals surface area contributed by atoms with Crippen molar-refractivity contribution in [2.45, 2.75) is 58.3 Å². The van der Waals surface area contributed by atoms with E-state index in [4.69, 9.17) is 45.4 Å². The first-order valence-corrected chi connectivity index (χ1v) is 12.5. The van der Waals surface area contributed by atoms with Crippen molar-refractivity contribution < 1.29 is 52.3 Å². The zero-order chi connectivity index (χ0) is 29.2. The van der Waals surface area contributed by atoms with E-state index in [2.05, 4.69) is 5.32 Å². The van der Waals surface area contributed by atoms with E-state index in [-0.39, 0.29) is 11.8 Å². The summed E-state index contributed by atoms with van der Waals surface area (Å²) in [5, 5.41) is 2.59. The molecule has 0 amide bonds. The topological polar surface area (TPSA) is 145 Å². The van der Waals surface area contributed by atoms with Crippen LogP contribution in [-0.2, 0) is 42.9 Å². The summed E-state index contributed by atoms with van der Waals surface area (Å²) in [6, 6.07) is 15.8. The molecule has 214 valence electrons. The molecule has 0 unspecified atom stereocenters. The number of nitrogens with one attached hydrogen (secondary N) is 1. The Bertz CT molecular complexity index is 1220. The van der Waals surface area contributed by atoms with Gasteiger partial charge in [-0.05, 0) is 36.5 Å². The second kappa shape index (κ2) is 14.2. The zero-order valence-corrected chi connectivity index (χ0v) is 23.0. The molecule has 12 nitrogen and oxygen atoms in total. The van der Waals surface area contributed by atoms with Crippen molar-refractivity contribution >= 4 is 41.3 Å². The number of carbonyl (C=O) groups excluding carboxylic acids is 4. The Kier molecular flexibility index (Phi) is 10.8. The van der Waals surface area contributed by atoms with Crippen LogP contribution in [0.1, 0.15) is 27.7 Å². The summed E-state index contributed by atoms with van der Waals surface area (Å²) < 4.78 is 38.7. The second-order valence-corrected chi connectivity index (χ2v) is 8.91. The van der Waals surface area contributed by atoms with Gasteiger partial charge < -0.3 is 38.5 Å². The third kappa shape index (κ3) is 9.20. The Hall–Kier alpha value is -4.23. The first-order valence-electron chi connectivity index (χ1n) is 12.1. The lowest BCUT2D eigenvalue weighted by Gasteiger charge is -2.44. The van der Waals surface area contributed by atoms with Gasteiger partial charge in [0.05, 0.1) is 0 Å². The molecule has 0 spiro atoms. The molecule has 0 aromatic heterocycles. The normalized spacial score (nSPS) is 21.8. The Morgan fingerprint density at radius 3 is 1.95 bits per heavy atom. The van der Waals surface area contributed by atoms with Crippen molar-refractivity contribution in [3.8, 4) is 17.2 Å². The first kappa shape index (κ1) is 30.3. The second-order valence-electron chi connectivity index (χ2n) is 8.54.